The summed E-state index contributed by atoms with van der Waals surface area (Å²) >= 11 is 3.31. The number of amides is 1. The molecule has 0 unspecified atom stereocenters. The van der Waals surface area contributed by atoms with Gasteiger partial charge < -0.3 is 14.4 Å². The second-order valence-corrected chi connectivity index (χ2v) is 8.45. The van der Waals surface area contributed by atoms with Crippen LogP contribution in [-0.4, -0.2) is 52.6 Å². The predicted molar refractivity (Wildman–Crippen MR) is 105 cm³/mol. The monoisotopic (exact) mass is 454 g/mol. The van der Waals surface area contributed by atoms with Crippen LogP contribution in [-0.2, 0) is 14.8 Å². The second-order valence-electron chi connectivity index (χ2n) is 5.88. The van der Waals surface area contributed by atoms with Crippen LogP contribution < -0.4 is 9.46 Å². The van der Waals surface area contributed by atoms with E-state index in [2.05, 4.69) is 20.7 Å². The van der Waals surface area contributed by atoms with Gasteiger partial charge in [0.1, 0.15) is 10.6 Å². The van der Waals surface area contributed by atoms with Gasteiger partial charge in [-0.2, -0.15) is 0 Å². The number of nitrogens with zero attached hydrogens (tertiary/aromatic N) is 1. The number of methoxy groups -OCH3 is 1. The van der Waals surface area contributed by atoms with Gasteiger partial charge >= 0.3 is 0 Å². The van der Waals surface area contributed by atoms with Crippen LogP contribution in [0.3, 0.4) is 0 Å². The zero-order valence-corrected chi connectivity index (χ0v) is 17.0. The Hall–Kier alpha value is -2.10. The molecule has 1 fully saturated rings. The van der Waals surface area contributed by atoms with E-state index >= 15 is 0 Å². The van der Waals surface area contributed by atoms with E-state index in [-0.39, 0.29) is 22.1 Å². The average Bonchev–Trinajstić information content (AvgIpc) is 2.69. The van der Waals surface area contributed by atoms with E-state index in [0.717, 1.165) is 4.47 Å². The lowest BCUT2D eigenvalue weighted by atomic mass is 10.2. The molecule has 1 heterocycles. The molecule has 0 atom stereocenters. The van der Waals surface area contributed by atoms with Crippen molar-refractivity contribution in [1.82, 2.24) is 4.90 Å². The molecular formula is C18H19BrN2O5S. The van der Waals surface area contributed by atoms with Gasteiger partial charge in [-0.3, -0.25) is 9.52 Å². The van der Waals surface area contributed by atoms with E-state index in [1.165, 1.54) is 19.2 Å². The maximum Gasteiger partial charge on any atom is 0.265 e. The summed E-state index contributed by atoms with van der Waals surface area (Å²) in [5.41, 5.74) is 0.694. The molecule has 1 N–H and O–H groups in total. The van der Waals surface area contributed by atoms with Crippen LogP contribution in [0, 0.1) is 0 Å². The van der Waals surface area contributed by atoms with Gasteiger partial charge in [-0.25, -0.2) is 8.42 Å². The molecule has 9 heteroatoms. The van der Waals surface area contributed by atoms with Gasteiger partial charge in [0.15, 0.2) is 0 Å². The molecule has 1 amide bonds. The van der Waals surface area contributed by atoms with Crippen LogP contribution in [0.1, 0.15) is 10.4 Å². The highest BCUT2D eigenvalue weighted by molar-refractivity contribution is 9.10. The number of benzene rings is 2. The highest BCUT2D eigenvalue weighted by atomic mass is 79.9. The van der Waals surface area contributed by atoms with Crippen LogP contribution in [0.25, 0.3) is 0 Å². The van der Waals surface area contributed by atoms with Crippen molar-refractivity contribution in [2.75, 3.05) is 38.1 Å². The SMILES string of the molecule is COc1ccc(C(=O)N2CCOCC2)cc1S(=O)(=O)Nc1ccc(Br)cc1. The van der Waals surface area contributed by atoms with E-state index in [1.807, 2.05) is 0 Å². The Morgan fingerprint density at radius 1 is 1.15 bits per heavy atom. The van der Waals surface area contributed by atoms with Crippen LogP contribution in [0.4, 0.5) is 5.69 Å². The Bertz CT molecular complexity index is 925. The normalized spacial score (nSPS) is 14.7. The van der Waals surface area contributed by atoms with Gasteiger partial charge in [0.05, 0.1) is 20.3 Å². The molecule has 3 rings (SSSR count). The summed E-state index contributed by atoms with van der Waals surface area (Å²) in [5, 5.41) is 0. The quantitative estimate of drug-likeness (QED) is 0.750. The van der Waals surface area contributed by atoms with Crippen LogP contribution in [0.2, 0.25) is 0 Å². The maximum absolute atomic E-state index is 12.9. The number of ether oxygens (including phenoxy) is 2. The van der Waals surface area contributed by atoms with E-state index in [9.17, 15) is 13.2 Å². The number of sulfonamides is 1. The standard InChI is InChI=1S/C18H19BrN2O5S/c1-25-16-7-2-13(18(22)21-8-10-26-11-9-21)12-17(16)27(23,24)20-15-5-3-14(19)4-6-15/h2-7,12,20H,8-11H2,1H3. The fourth-order valence-corrected chi connectivity index (χ4v) is 4.22. The first-order chi connectivity index (χ1) is 12.9. The topological polar surface area (TPSA) is 84.9 Å². The van der Waals surface area contributed by atoms with Gasteiger partial charge in [0, 0.05) is 28.8 Å². The summed E-state index contributed by atoms with van der Waals surface area (Å²) < 4.78 is 39.5. The van der Waals surface area contributed by atoms with Gasteiger partial charge in [0.2, 0.25) is 0 Å². The minimum absolute atomic E-state index is 0.0907. The van der Waals surface area contributed by atoms with E-state index in [0.29, 0.717) is 32.0 Å². The summed E-state index contributed by atoms with van der Waals surface area (Å²) in [6, 6.07) is 11.1. The van der Waals surface area contributed by atoms with Crippen LogP contribution in [0.15, 0.2) is 51.8 Å². The molecule has 0 radical (unpaired) electrons. The molecular weight excluding hydrogens is 436 g/mol. The van der Waals surface area contributed by atoms with Crippen molar-refractivity contribution < 1.29 is 22.7 Å². The minimum Gasteiger partial charge on any atom is -0.495 e. The number of halogens is 1. The summed E-state index contributed by atoms with van der Waals surface area (Å²) in [5.74, 6) is -0.0702. The predicted octanol–water partition coefficient (Wildman–Crippen LogP) is 2.73. The third kappa shape index (κ3) is 4.60. The van der Waals surface area contributed by atoms with E-state index in [4.69, 9.17) is 9.47 Å². The molecule has 1 saturated heterocycles. The van der Waals surface area contributed by atoms with E-state index in [1.54, 1.807) is 35.2 Å². The number of hydrogen-bond donors (Lipinski definition) is 1. The maximum atomic E-state index is 12.9. The Labute approximate surface area is 166 Å². The third-order valence-electron chi connectivity index (χ3n) is 4.09. The van der Waals surface area contributed by atoms with Gasteiger partial charge in [-0.15, -0.1) is 0 Å². The summed E-state index contributed by atoms with van der Waals surface area (Å²) in [6.45, 7) is 1.89. The molecule has 0 saturated carbocycles. The smallest absolute Gasteiger partial charge is 0.265 e. The van der Waals surface area contributed by atoms with Crippen molar-refractivity contribution in [3.8, 4) is 5.75 Å². The lowest BCUT2D eigenvalue weighted by molar-refractivity contribution is 0.0302. The molecule has 2 aromatic rings. The number of carbonyl (C=O) groups excluding carboxylic acids is 1. The molecule has 144 valence electrons. The molecule has 0 bridgehead atoms. The van der Waals surface area contributed by atoms with Crippen molar-refractivity contribution in [2.24, 2.45) is 0 Å². The van der Waals surface area contributed by atoms with Gasteiger partial charge in [-0.1, -0.05) is 15.9 Å². The van der Waals surface area contributed by atoms with Crippen LogP contribution in [0.5, 0.6) is 5.75 Å². The lowest BCUT2D eigenvalue weighted by Crippen LogP contribution is -2.40. The van der Waals surface area contributed by atoms with Crippen molar-refractivity contribution in [1.29, 1.82) is 0 Å². The van der Waals surface area contributed by atoms with Crippen molar-refractivity contribution in [2.45, 2.75) is 4.90 Å². The highest BCUT2D eigenvalue weighted by Crippen LogP contribution is 2.28. The number of anilines is 1. The van der Waals surface area contributed by atoms with Gasteiger partial charge in [0.25, 0.3) is 15.9 Å². The third-order valence-corrected chi connectivity index (χ3v) is 6.03. The molecule has 2 aromatic carbocycles. The molecule has 0 aromatic heterocycles. The molecule has 1 aliphatic heterocycles. The summed E-state index contributed by atoms with van der Waals surface area (Å²) in [7, 11) is -2.56. The molecule has 1 aliphatic rings. The first-order valence-electron chi connectivity index (χ1n) is 8.24. The first-order valence-corrected chi connectivity index (χ1v) is 10.5. The van der Waals surface area contributed by atoms with Crippen molar-refractivity contribution >= 4 is 37.5 Å². The average molecular weight is 455 g/mol. The van der Waals surface area contributed by atoms with Crippen LogP contribution >= 0.6 is 15.9 Å². The van der Waals surface area contributed by atoms with E-state index < -0.39 is 10.0 Å². The second kappa shape index (κ2) is 8.28. The minimum atomic E-state index is -3.94. The first kappa shape index (κ1) is 19.7. The largest absolute Gasteiger partial charge is 0.495 e. The fourth-order valence-electron chi connectivity index (χ4n) is 2.70. The molecule has 0 aliphatic carbocycles. The van der Waals surface area contributed by atoms with Crippen molar-refractivity contribution in [3.63, 3.8) is 0 Å². The zero-order chi connectivity index (χ0) is 19.4. The number of nitrogens with one attached hydrogen (secondary N) is 1. The summed E-state index contributed by atoms with van der Waals surface area (Å²) in [6.07, 6.45) is 0. The molecule has 0 spiro atoms. The summed E-state index contributed by atoms with van der Waals surface area (Å²) in [4.78, 5) is 14.2. The fraction of sp³-hybridized carbons (Fsp3) is 0.278. The number of rotatable bonds is 5. The Balaban J connectivity index is 1.92. The zero-order valence-electron chi connectivity index (χ0n) is 14.6. The number of hydrogen-bond acceptors (Lipinski definition) is 5. The lowest BCUT2D eigenvalue weighted by Gasteiger charge is -2.27. The Morgan fingerprint density at radius 3 is 2.44 bits per heavy atom. The Morgan fingerprint density at radius 2 is 1.81 bits per heavy atom. The number of morpholine rings is 1. The number of carbonyl (C=O) groups is 1. The van der Waals surface area contributed by atoms with Crippen molar-refractivity contribution in [3.05, 3.63) is 52.5 Å². The Kier molecular flexibility index (Phi) is 6.03. The molecule has 27 heavy (non-hydrogen) atoms. The molecule has 7 nitrogen and oxygen atoms in total. The van der Waals surface area contributed by atoms with Gasteiger partial charge in [-0.05, 0) is 42.5 Å². The highest BCUT2D eigenvalue weighted by Gasteiger charge is 2.24.